The summed E-state index contributed by atoms with van der Waals surface area (Å²) in [5, 5.41) is 9.93. The molecule has 194 valence electrons. The van der Waals surface area contributed by atoms with E-state index in [0.29, 0.717) is 5.75 Å². The first kappa shape index (κ1) is 27.3. The van der Waals surface area contributed by atoms with Crippen LogP contribution < -0.4 is 9.47 Å². The number of unbranched alkanes of at least 4 members (excludes halogenated alkanes) is 5. The maximum atomic E-state index is 12.8. The van der Waals surface area contributed by atoms with Crippen LogP contribution in [0.3, 0.4) is 0 Å². The second-order valence-electron chi connectivity index (χ2n) is 10.5. The average molecular weight is 494 g/mol. The van der Waals surface area contributed by atoms with Crippen LogP contribution in [0.15, 0.2) is 48.7 Å². The molecular formula is C30H39NO5. The van der Waals surface area contributed by atoms with Gasteiger partial charge in [0, 0.05) is 17.6 Å². The Hall–Kier alpha value is -3.28. The van der Waals surface area contributed by atoms with E-state index in [0.717, 1.165) is 22.9 Å². The number of fused-ring (bicyclic) bond motifs is 1. The number of rotatable bonds is 13. The Morgan fingerprint density at radius 1 is 0.917 bits per heavy atom. The molecule has 3 rings (SSSR count). The van der Waals surface area contributed by atoms with Crippen LogP contribution in [-0.4, -0.2) is 28.2 Å². The summed E-state index contributed by atoms with van der Waals surface area (Å²) in [5.41, 5.74) is 2.98. The van der Waals surface area contributed by atoms with Crippen molar-refractivity contribution in [2.24, 2.45) is 0 Å². The highest BCUT2D eigenvalue weighted by atomic mass is 16.7. The highest BCUT2D eigenvalue weighted by Crippen LogP contribution is 2.33. The van der Waals surface area contributed by atoms with Gasteiger partial charge < -0.3 is 19.1 Å². The second-order valence-corrected chi connectivity index (χ2v) is 10.5. The summed E-state index contributed by atoms with van der Waals surface area (Å²) in [6.45, 7) is 8.64. The van der Waals surface area contributed by atoms with Gasteiger partial charge in [-0.15, -0.1) is 0 Å². The highest BCUT2D eigenvalue weighted by molar-refractivity contribution is 5.89. The van der Waals surface area contributed by atoms with Gasteiger partial charge in [-0.2, -0.15) is 0 Å². The zero-order chi connectivity index (χ0) is 26.1. The fourth-order valence-corrected chi connectivity index (χ4v) is 4.43. The summed E-state index contributed by atoms with van der Waals surface area (Å²) in [6.07, 6.45) is 9.34. The molecule has 0 aliphatic heterocycles. The molecule has 36 heavy (non-hydrogen) atoms. The molecule has 0 spiro atoms. The van der Waals surface area contributed by atoms with Crippen LogP contribution in [-0.2, 0) is 23.2 Å². The lowest BCUT2D eigenvalue weighted by Crippen LogP contribution is -2.17. The van der Waals surface area contributed by atoms with Crippen LogP contribution in [0, 0.1) is 0 Å². The molecule has 2 aromatic carbocycles. The highest BCUT2D eigenvalue weighted by Gasteiger charge is 2.22. The minimum atomic E-state index is -1.37. The maximum Gasteiger partial charge on any atom is 0.511 e. The molecule has 0 aliphatic rings. The molecular weight excluding hydrogens is 454 g/mol. The number of Topliss-reactive ketones (excluding diaryl/α,β-unsaturated/α-hetero) is 1. The molecule has 6 heteroatoms. The van der Waals surface area contributed by atoms with Gasteiger partial charge >= 0.3 is 6.16 Å². The van der Waals surface area contributed by atoms with Crippen molar-refractivity contribution in [1.29, 1.82) is 0 Å². The summed E-state index contributed by atoms with van der Waals surface area (Å²) in [7, 11) is 0. The summed E-state index contributed by atoms with van der Waals surface area (Å²) in [4.78, 5) is 23.8. The van der Waals surface area contributed by atoms with Crippen molar-refractivity contribution in [3.8, 4) is 11.5 Å². The van der Waals surface area contributed by atoms with Gasteiger partial charge in [-0.1, -0.05) is 71.9 Å². The van der Waals surface area contributed by atoms with E-state index in [2.05, 4.69) is 39.8 Å². The van der Waals surface area contributed by atoms with E-state index in [1.807, 2.05) is 29.0 Å². The van der Waals surface area contributed by atoms with Gasteiger partial charge in [-0.25, -0.2) is 4.79 Å². The Labute approximate surface area is 214 Å². The fraction of sp³-hybridized carbons (Fsp3) is 0.467. The molecule has 1 aromatic heterocycles. The number of ether oxygens (including phenoxy) is 2. The number of nitrogens with zero attached hydrogens (tertiary/aromatic N) is 1. The lowest BCUT2D eigenvalue weighted by atomic mass is 9.87. The van der Waals surface area contributed by atoms with Crippen molar-refractivity contribution < 1.29 is 24.2 Å². The van der Waals surface area contributed by atoms with E-state index in [1.54, 1.807) is 12.1 Å². The number of ketones is 1. The lowest BCUT2D eigenvalue weighted by Gasteiger charge is -2.17. The van der Waals surface area contributed by atoms with E-state index in [1.165, 1.54) is 44.1 Å². The molecule has 1 heterocycles. The van der Waals surface area contributed by atoms with E-state index in [9.17, 15) is 9.59 Å². The SMILES string of the molecule is CCCCCCCCc1ccc(OCC(=O)Cn2cc(C(C)(C)C)c3ccc(OC(=O)O)cc32)cc1. The van der Waals surface area contributed by atoms with Gasteiger partial charge in [0.15, 0.2) is 5.78 Å². The number of carbonyl (C=O) groups is 2. The zero-order valence-electron chi connectivity index (χ0n) is 22.0. The van der Waals surface area contributed by atoms with Gasteiger partial charge in [0.1, 0.15) is 18.1 Å². The first-order chi connectivity index (χ1) is 17.2. The van der Waals surface area contributed by atoms with Gasteiger partial charge in [-0.05, 0) is 53.6 Å². The van der Waals surface area contributed by atoms with Gasteiger partial charge in [-0.3, -0.25) is 4.79 Å². The maximum absolute atomic E-state index is 12.8. The second kappa shape index (κ2) is 12.6. The Balaban J connectivity index is 1.59. The van der Waals surface area contributed by atoms with Crippen molar-refractivity contribution in [2.75, 3.05) is 6.61 Å². The van der Waals surface area contributed by atoms with E-state index in [4.69, 9.17) is 14.6 Å². The Kier molecular flexibility index (Phi) is 9.57. The summed E-state index contributed by atoms with van der Waals surface area (Å²) in [5.74, 6) is 0.826. The number of hydrogen-bond acceptors (Lipinski definition) is 4. The molecule has 1 N–H and O–H groups in total. The number of aryl methyl sites for hydroxylation is 1. The van der Waals surface area contributed by atoms with Crippen molar-refractivity contribution in [2.45, 2.75) is 84.6 Å². The first-order valence-corrected chi connectivity index (χ1v) is 12.9. The largest absolute Gasteiger partial charge is 0.511 e. The molecule has 3 aromatic rings. The van der Waals surface area contributed by atoms with E-state index in [-0.39, 0.29) is 30.1 Å². The van der Waals surface area contributed by atoms with Gasteiger partial charge in [0.25, 0.3) is 0 Å². The van der Waals surface area contributed by atoms with Crippen molar-refractivity contribution in [3.63, 3.8) is 0 Å². The van der Waals surface area contributed by atoms with Crippen molar-refractivity contribution in [3.05, 3.63) is 59.8 Å². The summed E-state index contributed by atoms with van der Waals surface area (Å²) in [6, 6.07) is 13.1. The minimum Gasteiger partial charge on any atom is -0.486 e. The Morgan fingerprint density at radius 3 is 2.25 bits per heavy atom. The molecule has 0 amide bonds. The normalized spacial score (nSPS) is 11.6. The van der Waals surface area contributed by atoms with Gasteiger partial charge in [0.2, 0.25) is 0 Å². The molecule has 0 fully saturated rings. The third-order valence-corrected chi connectivity index (χ3v) is 6.36. The quantitative estimate of drug-likeness (QED) is 0.151. The van der Waals surface area contributed by atoms with Crippen molar-refractivity contribution in [1.82, 2.24) is 4.57 Å². The fourth-order valence-electron chi connectivity index (χ4n) is 4.43. The van der Waals surface area contributed by atoms with Crippen LogP contribution in [0.25, 0.3) is 10.9 Å². The third kappa shape index (κ3) is 7.87. The zero-order valence-corrected chi connectivity index (χ0v) is 22.0. The monoisotopic (exact) mass is 493 g/mol. The number of hydrogen-bond donors (Lipinski definition) is 1. The number of carbonyl (C=O) groups excluding carboxylic acids is 1. The number of aromatic nitrogens is 1. The number of carboxylic acid groups (broad SMARTS) is 1. The minimum absolute atomic E-state index is 0.0351. The molecule has 0 bridgehead atoms. The number of benzene rings is 2. The Morgan fingerprint density at radius 2 is 1.58 bits per heavy atom. The van der Waals surface area contributed by atoms with Crippen LogP contribution >= 0.6 is 0 Å². The predicted molar refractivity (Wildman–Crippen MR) is 143 cm³/mol. The standard InChI is InChI=1S/C30H39NO5/c1-5-6-7-8-9-10-11-22-12-14-24(15-13-22)35-21-23(32)19-31-20-27(30(2,3)4)26-17-16-25(18-28(26)31)36-29(33)34/h12-18,20H,5-11,19,21H2,1-4H3,(H,33,34). The van der Waals surface area contributed by atoms with Gasteiger partial charge in [0.05, 0.1) is 12.1 Å². The first-order valence-electron chi connectivity index (χ1n) is 12.9. The lowest BCUT2D eigenvalue weighted by molar-refractivity contribution is -0.121. The third-order valence-electron chi connectivity index (χ3n) is 6.36. The summed E-state index contributed by atoms with van der Waals surface area (Å²) < 4.78 is 12.4. The molecule has 0 aliphatic carbocycles. The summed E-state index contributed by atoms with van der Waals surface area (Å²) >= 11 is 0. The Bertz CT molecular complexity index is 1150. The van der Waals surface area contributed by atoms with E-state index >= 15 is 0 Å². The molecule has 0 unspecified atom stereocenters. The smallest absolute Gasteiger partial charge is 0.486 e. The van der Waals surface area contributed by atoms with Crippen LogP contribution in [0.5, 0.6) is 11.5 Å². The molecule has 0 radical (unpaired) electrons. The topological polar surface area (TPSA) is 77.8 Å². The molecule has 0 atom stereocenters. The van der Waals surface area contributed by atoms with Crippen LogP contribution in [0.4, 0.5) is 4.79 Å². The van der Waals surface area contributed by atoms with Crippen LogP contribution in [0.1, 0.15) is 77.3 Å². The van der Waals surface area contributed by atoms with Crippen LogP contribution in [0.2, 0.25) is 0 Å². The van der Waals surface area contributed by atoms with Crippen molar-refractivity contribution >= 4 is 22.8 Å². The molecule has 6 nitrogen and oxygen atoms in total. The van der Waals surface area contributed by atoms with E-state index < -0.39 is 6.16 Å². The predicted octanol–water partition coefficient (Wildman–Crippen LogP) is 7.55. The molecule has 0 saturated carbocycles. The molecule has 0 saturated heterocycles. The average Bonchev–Trinajstić information content (AvgIpc) is 3.18.